The molecule has 92 valence electrons. The van der Waals surface area contributed by atoms with Gasteiger partial charge in [0.05, 0.1) is 18.8 Å². The van der Waals surface area contributed by atoms with Gasteiger partial charge in [-0.2, -0.15) is 0 Å². The highest BCUT2D eigenvalue weighted by Gasteiger charge is 2.19. The van der Waals surface area contributed by atoms with Gasteiger partial charge in [0.1, 0.15) is 0 Å². The fourth-order valence-electron chi connectivity index (χ4n) is 2.89. The third-order valence-corrected chi connectivity index (χ3v) is 7.85. The van der Waals surface area contributed by atoms with Crippen LogP contribution in [0.2, 0.25) is 0 Å². The lowest BCUT2D eigenvalue weighted by molar-refractivity contribution is 1.01. The normalized spacial score (nSPS) is 14.7. The van der Waals surface area contributed by atoms with Crippen molar-refractivity contribution in [3.63, 3.8) is 0 Å². The minimum absolute atomic E-state index is 1.20. The minimum Gasteiger partial charge on any atom is -0.133 e. The van der Waals surface area contributed by atoms with Gasteiger partial charge in [-0.1, -0.05) is 24.3 Å². The summed E-state index contributed by atoms with van der Waals surface area (Å²) in [4.78, 5) is 1.49. The highest BCUT2D eigenvalue weighted by atomic mass is 32.1. The predicted octanol–water partition coefficient (Wildman–Crippen LogP) is 6.29. The molecule has 0 N–H and O–H groups in total. The minimum atomic E-state index is 1.20. The third-order valence-electron chi connectivity index (χ3n) is 3.78. The average molecular weight is 298 g/mol. The fraction of sp³-hybridized carbons (Fsp3) is 0.125. The molecule has 0 saturated carbocycles. The molecule has 0 radical (unpaired) electrons. The Balaban J connectivity index is 2.00. The maximum Gasteiger partial charge on any atom is 0.0642 e. The smallest absolute Gasteiger partial charge is 0.0642 e. The first-order valence-corrected chi connectivity index (χ1v) is 8.89. The van der Waals surface area contributed by atoms with E-state index in [2.05, 4.69) is 36.4 Å². The van der Waals surface area contributed by atoms with Crippen LogP contribution in [0.15, 0.2) is 30.3 Å². The second-order valence-electron chi connectivity index (χ2n) is 4.90. The lowest BCUT2D eigenvalue weighted by Crippen LogP contribution is -1.87. The molecule has 1 aliphatic rings. The number of aryl methyl sites for hydroxylation is 1. The third kappa shape index (κ3) is 1.33. The Morgan fingerprint density at radius 3 is 2.74 bits per heavy atom. The van der Waals surface area contributed by atoms with Crippen molar-refractivity contribution in [1.82, 2.24) is 0 Å². The summed E-state index contributed by atoms with van der Waals surface area (Å²) >= 11 is 5.95. The standard InChI is InChI=1S/C16H10S3/c1-3-7-11-9(5-1)13-15(17-11)16-14(19-13)10-6-2-4-8-12(10)18-16/h1,3-5,7-8H,2,6H2. The van der Waals surface area contributed by atoms with Gasteiger partial charge in [0.25, 0.3) is 0 Å². The van der Waals surface area contributed by atoms with Crippen molar-refractivity contribution < 1.29 is 0 Å². The summed E-state index contributed by atoms with van der Waals surface area (Å²) in [6, 6.07) is 8.80. The summed E-state index contributed by atoms with van der Waals surface area (Å²) in [7, 11) is 0. The monoisotopic (exact) mass is 298 g/mol. The molecule has 0 fully saturated rings. The number of allylic oxidation sites excluding steroid dienone is 1. The van der Waals surface area contributed by atoms with Crippen molar-refractivity contribution in [2.75, 3.05) is 0 Å². The Morgan fingerprint density at radius 1 is 0.842 bits per heavy atom. The lowest BCUT2D eigenvalue weighted by Gasteiger charge is -2.02. The Bertz CT molecular complexity index is 962. The van der Waals surface area contributed by atoms with Crippen LogP contribution >= 0.6 is 34.0 Å². The van der Waals surface area contributed by atoms with E-state index in [1.165, 1.54) is 41.9 Å². The highest BCUT2D eigenvalue weighted by molar-refractivity contribution is 7.41. The van der Waals surface area contributed by atoms with Crippen LogP contribution in [0, 0.1) is 0 Å². The summed E-state index contributed by atoms with van der Waals surface area (Å²) in [5, 5.41) is 1.44. The molecule has 3 aromatic heterocycles. The van der Waals surface area contributed by atoms with Crippen molar-refractivity contribution in [1.29, 1.82) is 0 Å². The van der Waals surface area contributed by atoms with E-state index in [4.69, 9.17) is 0 Å². The maximum atomic E-state index is 2.31. The first kappa shape index (κ1) is 10.6. The molecule has 0 saturated heterocycles. The molecule has 3 heteroatoms. The Hall–Kier alpha value is -1.16. The van der Waals surface area contributed by atoms with Gasteiger partial charge in [-0.25, -0.2) is 0 Å². The van der Waals surface area contributed by atoms with Crippen molar-refractivity contribution in [2.45, 2.75) is 12.8 Å². The van der Waals surface area contributed by atoms with Gasteiger partial charge < -0.3 is 0 Å². The molecule has 3 heterocycles. The Kier molecular flexibility index (Phi) is 2.06. The van der Waals surface area contributed by atoms with Crippen LogP contribution in [0.25, 0.3) is 35.0 Å². The van der Waals surface area contributed by atoms with E-state index in [1.807, 2.05) is 34.0 Å². The van der Waals surface area contributed by atoms with Crippen LogP contribution < -0.4 is 0 Å². The predicted molar refractivity (Wildman–Crippen MR) is 89.9 cm³/mol. The van der Waals surface area contributed by atoms with E-state index in [0.29, 0.717) is 0 Å². The second-order valence-corrected chi connectivity index (χ2v) is 8.03. The van der Waals surface area contributed by atoms with Gasteiger partial charge in [-0.05, 0) is 30.5 Å². The molecular weight excluding hydrogens is 288 g/mol. The van der Waals surface area contributed by atoms with E-state index < -0.39 is 0 Å². The SMILES string of the molecule is C1=Cc2sc3c(sc4c5ccccc5sc34)c2CC1. The summed E-state index contributed by atoms with van der Waals surface area (Å²) < 4.78 is 7.51. The number of fused-ring (bicyclic) bond motifs is 7. The van der Waals surface area contributed by atoms with Gasteiger partial charge in [0.15, 0.2) is 0 Å². The van der Waals surface area contributed by atoms with Gasteiger partial charge >= 0.3 is 0 Å². The van der Waals surface area contributed by atoms with Crippen molar-refractivity contribution >= 4 is 69.0 Å². The molecule has 4 aromatic rings. The summed E-state index contributed by atoms with van der Waals surface area (Å²) in [6.45, 7) is 0. The Labute approximate surface area is 122 Å². The quantitative estimate of drug-likeness (QED) is 0.358. The van der Waals surface area contributed by atoms with Gasteiger partial charge in [-0.15, -0.1) is 34.0 Å². The number of benzene rings is 1. The molecule has 0 unspecified atom stereocenters. The molecule has 0 nitrogen and oxygen atoms in total. The van der Waals surface area contributed by atoms with Crippen molar-refractivity contribution in [2.24, 2.45) is 0 Å². The van der Waals surface area contributed by atoms with Crippen LogP contribution in [0.4, 0.5) is 0 Å². The summed E-state index contributed by atoms with van der Waals surface area (Å²) in [6.07, 6.45) is 7.04. The molecule has 1 aromatic carbocycles. The lowest BCUT2D eigenvalue weighted by atomic mass is 10.1. The largest absolute Gasteiger partial charge is 0.133 e. The zero-order chi connectivity index (χ0) is 12.4. The topological polar surface area (TPSA) is 0 Å². The van der Waals surface area contributed by atoms with Crippen LogP contribution in [0.5, 0.6) is 0 Å². The van der Waals surface area contributed by atoms with Gasteiger partial charge in [0, 0.05) is 15.0 Å². The summed E-state index contributed by atoms with van der Waals surface area (Å²) in [5.74, 6) is 0. The zero-order valence-corrected chi connectivity index (χ0v) is 12.6. The molecule has 5 rings (SSSR count). The van der Waals surface area contributed by atoms with Crippen LogP contribution in [0.3, 0.4) is 0 Å². The summed E-state index contributed by atoms with van der Waals surface area (Å²) in [5.41, 5.74) is 1.60. The average Bonchev–Trinajstić information content (AvgIpc) is 3.07. The van der Waals surface area contributed by atoms with Crippen LogP contribution in [0.1, 0.15) is 16.9 Å². The number of thiophene rings is 3. The molecule has 19 heavy (non-hydrogen) atoms. The molecule has 0 spiro atoms. The van der Waals surface area contributed by atoms with Crippen LogP contribution in [-0.2, 0) is 6.42 Å². The first-order chi connectivity index (χ1) is 9.42. The zero-order valence-electron chi connectivity index (χ0n) is 10.1. The molecule has 0 amide bonds. The van der Waals surface area contributed by atoms with Gasteiger partial charge in [-0.3, -0.25) is 0 Å². The fourth-order valence-corrected chi connectivity index (χ4v) is 7.28. The first-order valence-electron chi connectivity index (χ1n) is 6.44. The van der Waals surface area contributed by atoms with E-state index in [-0.39, 0.29) is 0 Å². The highest BCUT2D eigenvalue weighted by Crippen LogP contribution is 2.50. The van der Waals surface area contributed by atoms with Crippen molar-refractivity contribution in [3.05, 3.63) is 40.8 Å². The van der Waals surface area contributed by atoms with E-state index >= 15 is 0 Å². The number of hydrogen-bond donors (Lipinski definition) is 0. The molecule has 0 bridgehead atoms. The van der Waals surface area contributed by atoms with Crippen molar-refractivity contribution in [3.8, 4) is 0 Å². The molecule has 0 aliphatic heterocycles. The molecule has 1 aliphatic carbocycles. The van der Waals surface area contributed by atoms with E-state index in [1.54, 1.807) is 10.3 Å². The van der Waals surface area contributed by atoms with E-state index in [0.717, 1.165) is 0 Å². The molecule has 0 atom stereocenters. The molecular formula is C16H10S3. The van der Waals surface area contributed by atoms with E-state index in [9.17, 15) is 0 Å². The Morgan fingerprint density at radius 2 is 1.74 bits per heavy atom. The second kappa shape index (κ2) is 3.69. The van der Waals surface area contributed by atoms with Gasteiger partial charge in [0.2, 0.25) is 0 Å². The maximum absolute atomic E-state index is 2.31. The van der Waals surface area contributed by atoms with Crippen LogP contribution in [-0.4, -0.2) is 0 Å². The number of rotatable bonds is 0. The number of hydrogen-bond acceptors (Lipinski definition) is 3.